The summed E-state index contributed by atoms with van der Waals surface area (Å²) in [5.74, 6) is -5.06. The van der Waals surface area contributed by atoms with Crippen LogP contribution in [-0.2, 0) is 68.5 Å². The van der Waals surface area contributed by atoms with Gasteiger partial charge in [0.2, 0.25) is 5.91 Å². The second kappa shape index (κ2) is 19.5. The van der Waals surface area contributed by atoms with E-state index in [1.807, 2.05) is 48.5 Å². The monoisotopic (exact) mass is 788 g/mol. The molecule has 0 bridgehead atoms. The number of carbonyl (C=O) groups excluding carboxylic acids is 7. The minimum Gasteiger partial charge on any atom is -0.463 e. The molecule has 1 fully saturated rings. The fraction of sp³-hybridized carbons (Fsp3) is 0.390. The summed E-state index contributed by atoms with van der Waals surface area (Å²) < 4.78 is 38.5. The number of nitrogens with one attached hydrogen (secondary N) is 2. The van der Waals surface area contributed by atoms with Crippen molar-refractivity contribution in [1.82, 2.24) is 10.6 Å². The van der Waals surface area contributed by atoms with Gasteiger partial charge in [0.15, 0.2) is 18.3 Å². The minimum atomic E-state index is -1.47. The van der Waals surface area contributed by atoms with Gasteiger partial charge in [0.05, 0.1) is 6.42 Å². The van der Waals surface area contributed by atoms with Crippen molar-refractivity contribution < 1.29 is 66.7 Å². The van der Waals surface area contributed by atoms with Gasteiger partial charge in [-0.05, 0) is 27.8 Å². The van der Waals surface area contributed by atoms with Crippen molar-refractivity contribution in [2.75, 3.05) is 19.8 Å². The van der Waals surface area contributed by atoms with Crippen molar-refractivity contribution in [1.29, 1.82) is 0 Å². The number of benzene rings is 3. The maximum absolute atomic E-state index is 13.5. The van der Waals surface area contributed by atoms with Gasteiger partial charge in [-0.25, -0.2) is 9.59 Å². The van der Waals surface area contributed by atoms with Crippen molar-refractivity contribution in [3.63, 3.8) is 0 Å². The van der Waals surface area contributed by atoms with Gasteiger partial charge in [-0.2, -0.15) is 0 Å². The number of alkyl carbamates (subject to hydrolysis) is 1. The van der Waals surface area contributed by atoms with E-state index in [9.17, 15) is 33.6 Å². The van der Waals surface area contributed by atoms with Crippen LogP contribution in [0.5, 0.6) is 0 Å². The van der Waals surface area contributed by atoms with Crippen molar-refractivity contribution in [2.24, 2.45) is 0 Å². The summed E-state index contributed by atoms with van der Waals surface area (Å²) in [6, 6.07) is 23.0. The van der Waals surface area contributed by atoms with Crippen LogP contribution in [0.25, 0.3) is 11.1 Å². The predicted octanol–water partition coefficient (Wildman–Crippen LogP) is 3.27. The van der Waals surface area contributed by atoms with E-state index in [0.717, 1.165) is 49.9 Å². The summed E-state index contributed by atoms with van der Waals surface area (Å²) in [7, 11) is 0. The number of ether oxygens (including phenoxy) is 7. The Balaban J connectivity index is 1.30. The van der Waals surface area contributed by atoms with E-state index >= 15 is 0 Å². The Kier molecular flexibility index (Phi) is 14.3. The molecule has 2 unspecified atom stereocenters. The number of fused-ring (bicyclic) bond motifs is 3. The highest BCUT2D eigenvalue weighted by Crippen LogP contribution is 2.44. The molecule has 302 valence electrons. The molecule has 0 radical (unpaired) electrons. The van der Waals surface area contributed by atoms with Gasteiger partial charge in [0.25, 0.3) is 0 Å². The smallest absolute Gasteiger partial charge is 0.407 e. The second-order valence-electron chi connectivity index (χ2n) is 13.4. The zero-order valence-corrected chi connectivity index (χ0v) is 31.8. The molecule has 1 heterocycles. The third kappa shape index (κ3) is 11.4. The maximum Gasteiger partial charge on any atom is 0.407 e. The molecule has 0 aromatic heterocycles. The highest BCUT2D eigenvalue weighted by atomic mass is 16.7. The van der Waals surface area contributed by atoms with E-state index in [0.29, 0.717) is 5.56 Å². The molecule has 2 amide bonds. The summed E-state index contributed by atoms with van der Waals surface area (Å²) in [5.41, 5.74) is 4.71. The van der Waals surface area contributed by atoms with Crippen LogP contribution in [0.4, 0.5) is 4.79 Å². The number of amides is 2. The summed E-state index contributed by atoms with van der Waals surface area (Å²) in [6.45, 7) is 3.27. The van der Waals surface area contributed by atoms with Gasteiger partial charge >= 0.3 is 35.9 Å². The summed E-state index contributed by atoms with van der Waals surface area (Å²) in [4.78, 5) is 88.3. The molecule has 5 rings (SSSR count). The van der Waals surface area contributed by atoms with Gasteiger partial charge in [0, 0.05) is 40.2 Å². The lowest BCUT2D eigenvalue weighted by Gasteiger charge is -2.44. The molecular formula is C41H44N2O14. The molecule has 16 nitrogen and oxygen atoms in total. The maximum atomic E-state index is 13.5. The fourth-order valence-corrected chi connectivity index (χ4v) is 6.76. The summed E-state index contributed by atoms with van der Waals surface area (Å²) in [6.07, 6.45) is -8.45. The van der Waals surface area contributed by atoms with E-state index in [4.69, 9.17) is 33.2 Å². The molecule has 2 aliphatic rings. The number of hydrogen-bond acceptors (Lipinski definition) is 14. The zero-order chi connectivity index (χ0) is 41.1. The Morgan fingerprint density at radius 1 is 0.614 bits per heavy atom. The van der Waals surface area contributed by atoms with E-state index in [1.54, 1.807) is 30.3 Å². The highest BCUT2D eigenvalue weighted by molar-refractivity contribution is 5.84. The Hall–Kier alpha value is -6.29. The molecule has 57 heavy (non-hydrogen) atoms. The van der Waals surface area contributed by atoms with E-state index in [-0.39, 0.29) is 19.1 Å². The standard InChI is InChI=1S/C41H44N2O14/c1-23(44)51-22-35-38(55-25(3)46)39(56-26(4)47)37(54-24(2)45)34(57-35)18-36(48)42-19-33(40(49)52-20-27-12-6-5-7-13-27)43-41(50)53-21-32-30-16-10-8-14-28(30)29-15-9-11-17-31(29)32/h5-17,32-35,37-39H,18-22H2,1-4H3,(H,42,48)(H,43,50)/t33-,34+,35?,37?,38+,39-/m1/s1. The first-order valence-corrected chi connectivity index (χ1v) is 18.2. The summed E-state index contributed by atoms with van der Waals surface area (Å²) in [5, 5.41) is 5.07. The molecule has 2 N–H and O–H groups in total. The van der Waals surface area contributed by atoms with Gasteiger partial charge in [-0.1, -0.05) is 78.9 Å². The average Bonchev–Trinajstić information content (AvgIpc) is 3.49. The molecule has 16 heteroatoms. The number of hydrogen-bond donors (Lipinski definition) is 2. The van der Waals surface area contributed by atoms with Gasteiger partial charge in [-0.15, -0.1) is 0 Å². The highest BCUT2D eigenvalue weighted by Gasteiger charge is 2.52. The number of esters is 5. The van der Waals surface area contributed by atoms with Crippen LogP contribution in [0.3, 0.4) is 0 Å². The largest absolute Gasteiger partial charge is 0.463 e. The van der Waals surface area contributed by atoms with Gasteiger partial charge < -0.3 is 43.8 Å². The molecule has 1 aliphatic heterocycles. The topological polar surface area (TPSA) is 208 Å². The quantitative estimate of drug-likeness (QED) is 0.168. The fourth-order valence-electron chi connectivity index (χ4n) is 6.76. The molecule has 1 saturated heterocycles. The van der Waals surface area contributed by atoms with Gasteiger partial charge in [-0.3, -0.25) is 24.0 Å². The lowest BCUT2D eigenvalue weighted by molar-refractivity contribution is -0.252. The summed E-state index contributed by atoms with van der Waals surface area (Å²) >= 11 is 0. The van der Waals surface area contributed by atoms with Crippen molar-refractivity contribution in [2.45, 2.75) is 83.2 Å². The van der Waals surface area contributed by atoms with Crippen molar-refractivity contribution in [3.05, 3.63) is 95.6 Å². The van der Waals surface area contributed by atoms with Crippen LogP contribution in [-0.4, -0.2) is 98.2 Å². The van der Waals surface area contributed by atoms with E-state index < -0.39 is 98.0 Å². The van der Waals surface area contributed by atoms with Crippen LogP contribution in [0, 0.1) is 0 Å². The molecule has 6 atom stereocenters. The predicted molar refractivity (Wildman–Crippen MR) is 198 cm³/mol. The van der Waals surface area contributed by atoms with Crippen LogP contribution < -0.4 is 10.6 Å². The molecule has 0 spiro atoms. The lowest BCUT2D eigenvalue weighted by Crippen LogP contribution is -2.63. The third-order valence-corrected chi connectivity index (χ3v) is 9.12. The molecule has 3 aromatic carbocycles. The molecule has 3 aromatic rings. The molecular weight excluding hydrogens is 744 g/mol. The third-order valence-electron chi connectivity index (χ3n) is 9.12. The zero-order valence-electron chi connectivity index (χ0n) is 31.8. The van der Waals surface area contributed by atoms with Crippen LogP contribution in [0.1, 0.15) is 56.7 Å². The van der Waals surface area contributed by atoms with Crippen LogP contribution in [0.15, 0.2) is 78.9 Å². The Morgan fingerprint density at radius 3 is 1.74 bits per heavy atom. The minimum absolute atomic E-state index is 0.0408. The van der Waals surface area contributed by atoms with Crippen LogP contribution in [0.2, 0.25) is 0 Å². The second-order valence-corrected chi connectivity index (χ2v) is 13.4. The van der Waals surface area contributed by atoms with Crippen molar-refractivity contribution in [3.8, 4) is 11.1 Å². The average molecular weight is 789 g/mol. The van der Waals surface area contributed by atoms with Crippen molar-refractivity contribution >= 4 is 41.8 Å². The first-order valence-electron chi connectivity index (χ1n) is 18.2. The van der Waals surface area contributed by atoms with E-state index in [2.05, 4.69) is 10.6 Å². The lowest BCUT2D eigenvalue weighted by atomic mass is 9.92. The SMILES string of the molecule is CC(=O)OCC1O[C@@H](CC(=O)NC[C@@H](NC(=O)OCC2c3ccccc3-c3ccccc32)C(=O)OCc2ccccc2)C(OC(C)=O)[C@@H](OC(C)=O)[C@H]1OC(C)=O. The normalized spacial score (nSPS) is 20.0. The number of carbonyl (C=O) groups is 7. The Morgan fingerprint density at radius 2 is 1.16 bits per heavy atom. The first-order chi connectivity index (χ1) is 27.3. The molecule has 1 aliphatic carbocycles. The Labute approximate surface area is 328 Å². The van der Waals surface area contributed by atoms with Crippen LogP contribution >= 0.6 is 0 Å². The van der Waals surface area contributed by atoms with Gasteiger partial charge in [0.1, 0.15) is 38.1 Å². The van der Waals surface area contributed by atoms with E-state index in [1.165, 1.54) is 0 Å². The Bertz CT molecular complexity index is 1910. The molecule has 0 saturated carbocycles. The number of rotatable bonds is 15. The first kappa shape index (κ1) is 41.9.